The highest BCUT2D eigenvalue weighted by Gasteiger charge is 2.22. The standard InChI is InChI=1S/C16H20N4O4/c1-9(2)5-11(21)16-18-15(7-14(17)22)19-20(16)10-3-4-12-13(6-10)24-8-23-12/h3-4,6,9,11,21H,5,7-8H2,1-2H3,(H2,17,22). The highest BCUT2D eigenvalue weighted by molar-refractivity contribution is 5.75. The molecule has 3 rings (SSSR count). The second-order valence-electron chi connectivity index (χ2n) is 6.12. The van der Waals surface area contributed by atoms with Crippen LogP contribution in [0.15, 0.2) is 18.2 Å². The Balaban J connectivity index is 2.00. The van der Waals surface area contributed by atoms with Crippen molar-refractivity contribution in [1.29, 1.82) is 0 Å². The third-order valence-electron chi connectivity index (χ3n) is 3.60. The lowest BCUT2D eigenvalue weighted by atomic mass is 10.1. The highest BCUT2D eigenvalue weighted by Crippen LogP contribution is 2.34. The molecule has 0 aliphatic carbocycles. The second kappa shape index (κ2) is 6.48. The number of aromatic nitrogens is 3. The lowest BCUT2D eigenvalue weighted by molar-refractivity contribution is -0.117. The van der Waals surface area contributed by atoms with Crippen LogP contribution < -0.4 is 15.2 Å². The fourth-order valence-electron chi connectivity index (χ4n) is 2.57. The maximum absolute atomic E-state index is 11.2. The first-order valence-electron chi connectivity index (χ1n) is 7.76. The van der Waals surface area contributed by atoms with Gasteiger partial charge in [0.2, 0.25) is 12.7 Å². The van der Waals surface area contributed by atoms with Crippen molar-refractivity contribution in [3.63, 3.8) is 0 Å². The van der Waals surface area contributed by atoms with Gasteiger partial charge in [-0.1, -0.05) is 13.8 Å². The number of nitrogens with two attached hydrogens (primary N) is 1. The van der Waals surface area contributed by atoms with Crippen LogP contribution in [-0.4, -0.2) is 32.6 Å². The number of hydrogen-bond donors (Lipinski definition) is 2. The molecule has 1 unspecified atom stereocenters. The largest absolute Gasteiger partial charge is 0.454 e. The van der Waals surface area contributed by atoms with Crippen molar-refractivity contribution in [3.8, 4) is 17.2 Å². The Kier molecular flexibility index (Phi) is 4.39. The van der Waals surface area contributed by atoms with E-state index >= 15 is 0 Å². The minimum absolute atomic E-state index is 0.0844. The van der Waals surface area contributed by atoms with Crippen molar-refractivity contribution in [2.45, 2.75) is 32.8 Å². The predicted octanol–water partition coefficient (Wildman–Crippen LogP) is 1.10. The second-order valence-corrected chi connectivity index (χ2v) is 6.12. The zero-order valence-electron chi connectivity index (χ0n) is 13.6. The van der Waals surface area contributed by atoms with E-state index in [1.165, 1.54) is 4.68 Å². The molecule has 0 fully saturated rings. The molecule has 3 N–H and O–H groups in total. The van der Waals surface area contributed by atoms with E-state index in [-0.39, 0.29) is 25.0 Å². The van der Waals surface area contributed by atoms with Gasteiger partial charge in [0.25, 0.3) is 0 Å². The van der Waals surface area contributed by atoms with Crippen LogP contribution >= 0.6 is 0 Å². The van der Waals surface area contributed by atoms with Gasteiger partial charge >= 0.3 is 0 Å². The molecule has 1 aliphatic heterocycles. The van der Waals surface area contributed by atoms with Gasteiger partial charge in [0, 0.05) is 6.07 Å². The van der Waals surface area contributed by atoms with E-state index in [4.69, 9.17) is 15.2 Å². The maximum atomic E-state index is 11.2. The molecule has 0 radical (unpaired) electrons. The molecule has 128 valence electrons. The Morgan fingerprint density at radius 3 is 2.83 bits per heavy atom. The Morgan fingerprint density at radius 1 is 1.38 bits per heavy atom. The summed E-state index contributed by atoms with van der Waals surface area (Å²) >= 11 is 0. The Labute approximate surface area is 139 Å². The summed E-state index contributed by atoms with van der Waals surface area (Å²) in [4.78, 5) is 15.5. The van der Waals surface area contributed by atoms with Crippen LogP contribution in [0.1, 0.15) is 38.0 Å². The van der Waals surface area contributed by atoms with Crippen molar-refractivity contribution < 1.29 is 19.4 Å². The zero-order valence-corrected chi connectivity index (χ0v) is 13.6. The monoisotopic (exact) mass is 332 g/mol. The van der Waals surface area contributed by atoms with E-state index in [1.54, 1.807) is 18.2 Å². The summed E-state index contributed by atoms with van der Waals surface area (Å²) in [5, 5.41) is 14.8. The molecule has 1 aliphatic rings. The fourth-order valence-corrected chi connectivity index (χ4v) is 2.57. The number of aliphatic hydroxyl groups excluding tert-OH is 1. The summed E-state index contributed by atoms with van der Waals surface area (Å²) < 4.78 is 12.2. The van der Waals surface area contributed by atoms with Crippen molar-refractivity contribution >= 4 is 5.91 Å². The number of amides is 1. The molecule has 8 nitrogen and oxygen atoms in total. The minimum atomic E-state index is -0.801. The molecule has 0 saturated carbocycles. The first-order chi connectivity index (χ1) is 11.4. The number of hydrogen-bond acceptors (Lipinski definition) is 6. The van der Waals surface area contributed by atoms with Crippen LogP contribution in [0, 0.1) is 5.92 Å². The van der Waals surface area contributed by atoms with E-state index in [0.717, 1.165) is 0 Å². The molecule has 2 aromatic rings. The molecule has 1 aromatic heterocycles. The van der Waals surface area contributed by atoms with E-state index in [0.29, 0.717) is 29.4 Å². The van der Waals surface area contributed by atoms with Crippen molar-refractivity contribution in [2.24, 2.45) is 11.7 Å². The van der Waals surface area contributed by atoms with Gasteiger partial charge in [-0.3, -0.25) is 4.79 Å². The van der Waals surface area contributed by atoms with Crippen LogP contribution in [0.2, 0.25) is 0 Å². The van der Waals surface area contributed by atoms with Crippen LogP contribution in [0.3, 0.4) is 0 Å². The van der Waals surface area contributed by atoms with E-state index in [9.17, 15) is 9.90 Å². The number of fused-ring (bicyclic) bond motifs is 1. The first-order valence-corrected chi connectivity index (χ1v) is 7.76. The van der Waals surface area contributed by atoms with Gasteiger partial charge in [-0.05, 0) is 24.5 Å². The summed E-state index contributed by atoms with van der Waals surface area (Å²) in [5.74, 6) is 1.66. The molecule has 2 heterocycles. The average molecular weight is 332 g/mol. The Hall–Kier alpha value is -2.61. The van der Waals surface area contributed by atoms with Crippen LogP contribution in [0.4, 0.5) is 0 Å². The Morgan fingerprint density at radius 2 is 2.12 bits per heavy atom. The van der Waals surface area contributed by atoms with Gasteiger partial charge in [-0.15, -0.1) is 0 Å². The van der Waals surface area contributed by atoms with E-state index in [1.807, 2.05) is 13.8 Å². The molecular formula is C16H20N4O4. The van der Waals surface area contributed by atoms with Gasteiger partial charge in [-0.2, -0.15) is 5.10 Å². The van der Waals surface area contributed by atoms with Gasteiger partial charge < -0.3 is 20.3 Å². The number of benzene rings is 1. The number of carbonyl (C=O) groups excluding carboxylic acids is 1. The van der Waals surface area contributed by atoms with Crippen LogP contribution in [0.25, 0.3) is 5.69 Å². The van der Waals surface area contributed by atoms with Gasteiger partial charge in [0.15, 0.2) is 23.1 Å². The van der Waals surface area contributed by atoms with Crippen molar-refractivity contribution in [1.82, 2.24) is 14.8 Å². The Bertz CT molecular complexity index is 757. The minimum Gasteiger partial charge on any atom is -0.454 e. The molecule has 0 bridgehead atoms. The average Bonchev–Trinajstić information content (AvgIpc) is 3.11. The quantitative estimate of drug-likeness (QED) is 0.819. The zero-order chi connectivity index (χ0) is 17.3. The third kappa shape index (κ3) is 3.33. The summed E-state index contributed by atoms with van der Waals surface area (Å²) in [6.45, 7) is 4.19. The smallest absolute Gasteiger partial charge is 0.231 e. The number of rotatable bonds is 6. The number of nitrogens with zero attached hydrogens (tertiary/aromatic N) is 3. The summed E-state index contributed by atoms with van der Waals surface area (Å²) in [7, 11) is 0. The molecule has 1 atom stereocenters. The molecule has 24 heavy (non-hydrogen) atoms. The van der Waals surface area contributed by atoms with Gasteiger partial charge in [-0.25, -0.2) is 9.67 Å². The van der Waals surface area contributed by atoms with E-state index in [2.05, 4.69) is 10.1 Å². The molecule has 8 heteroatoms. The van der Waals surface area contributed by atoms with Gasteiger partial charge in [0.1, 0.15) is 6.10 Å². The number of primary amides is 1. The molecule has 1 amide bonds. The summed E-state index contributed by atoms with van der Waals surface area (Å²) in [5.41, 5.74) is 5.89. The number of carbonyl (C=O) groups is 1. The normalized spacial score (nSPS) is 14.2. The lowest BCUT2D eigenvalue weighted by Gasteiger charge is -2.14. The van der Waals surface area contributed by atoms with Crippen molar-refractivity contribution in [3.05, 3.63) is 29.8 Å². The van der Waals surface area contributed by atoms with Crippen LogP contribution in [-0.2, 0) is 11.2 Å². The summed E-state index contributed by atoms with van der Waals surface area (Å²) in [6, 6.07) is 5.32. The molecule has 0 saturated heterocycles. The fraction of sp³-hybridized carbons (Fsp3) is 0.438. The molecule has 0 spiro atoms. The topological polar surface area (TPSA) is 112 Å². The van der Waals surface area contributed by atoms with Crippen LogP contribution in [0.5, 0.6) is 11.5 Å². The number of aliphatic hydroxyl groups is 1. The first kappa shape index (κ1) is 16.3. The number of ether oxygens (including phenoxy) is 2. The summed E-state index contributed by atoms with van der Waals surface area (Å²) in [6.07, 6.45) is -0.359. The third-order valence-corrected chi connectivity index (χ3v) is 3.60. The highest BCUT2D eigenvalue weighted by atomic mass is 16.7. The predicted molar refractivity (Wildman–Crippen MR) is 84.8 cm³/mol. The maximum Gasteiger partial charge on any atom is 0.231 e. The molecule has 1 aromatic carbocycles. The lowest BCUT2D eigenvalue weighted by Crippen LogP contribution is -2.14. The SMILES string of the molecule is CC(C)CC(O)c1nc(CC(N)=O)nn1-c1ccc2c(c1)OCO2. The van der Waals surface area contributed by atoms with Crippen molar-refractivity contribution in [2.75, 3.05) is 6.79 Å². The van der Waals surface area contributed by atoms with Gasteiger partial charge in [0.05, 0.1) is 12.1 Å². The van der Waals surface area contributed by atoms with E-state index < -0.39 is 12.0 Å². The molecular weight excluding hydrogens is 312 g/mol.